The van der Waals surface area contributed by atoms with Crippen molar-refractivity contribution in [3.05, 3.63) is 89.7 Å². The van der Waals surface area contributed by atoms with Crippen LogP contribution in [0.15, 0.2) is 78.5 Å². The van der Waals surface area contributed by atoms with Crippen LogP contribution in [0.2, 0.25) is 0 Å². The second kappa shape index (κ2) is 13.0. The van der Waals surface area contributed by atoms with Crippen molar-refractivity contribution in [1.82, 2.24) is 24.6 Å². The fourth-order valence-corrected chi connectivity index (χ4v) is 5.13. The zero-order valence-electron chi connectivity index (χ0n) is 22.4. The number of hydrogen-bond donors (Lipinski definition) is 3. The molecule has 39 heavy (non-hydrogen) atoms. The third kappa shape index (κ3) is 7.42. The van der Waals surface area contributed by atoms with Crippen LogP contribution in [0, 0.1) is 0 Å². The van der Waals surface area contributed by atoms with Crippen LogP contribution in [0.25, 0.3) is 16.6 Å². The Kier molecular flexibility index (Phi) is 9.27. The van der Waals surface area contributed by atoms with Gasteiger partial charge in [0.15, 0.2) is 0 Å². The van der Waals surface area contributed by atoms with E-state index in [1.165, 1.54) is 47.8 Å². The molecular formula is C30H35N5O4. The van der Waals surface area contributed by atoms with E-state index in [9.17, 15) is 0 Å². The van der Waals surface area contributed by atoms with Crippen molar-refractivity contribution in [3.63, 3.8) is 0 Å². The monoisotopic (exact) mass is 529 g/mol. The summed E-state index contributed by atoms with van der Waals surface area (Å²) in [5.74, 6) is -3.06. The highest BCUT2D eigenvalue weighted by Gasteiger charge is 2.18. The number of rotatable bonds is 8. The molecule has 1 aliphatic rings. The fourth-order valence-electron chi connectivity index (χ4n) is 5.13. The van der Waals surface area contributed by atoms with E-state index in [0.717, 1.165) is 25.2 Å². The predicted molar refractivity (Wildman–Crippen MR) is 150 cm³/mol. The third-order valence-corrected chi connectivity index (χ3v) is 7.29. The number of aromatic nitrogens is 4. The molecule has 0 saturated carbocycles. The van der Waals surface area contributed by atoms with Gasteiger partial charge in [-0.25, -0.2) is 9.59 Å². The number of fused-ring (bicyclic) bond motifs is 1. The van der Waals surface area contributed by atoms with Gasteiger partial charge in [-0.1, -0.05) is 48.4 Å². The molecule has 1 atom stereocenters. The number of carboxylic acid groups (broad SMARTS) is 2. The number of carboxylic acids is 2. The smallest absolute Gasteiger partial charge is 0.414 e. The van der Waals surface area contributed by atoms with Crippen LogP contribution < -0.4 is 0 Å². The molecule has 3 heterocycles. The summed E-state index contributed by atoms with van der Waals surface area (Å²) >= 11 is 0. The first-order valence-corrected chi connectivity index (χ1v) is 13.2. The number of hydrogen-bond acceptors (Lipinski definition) is 5. The molecule has 0 aliphatic carbocycles. The molecule has 9 nitrogen and oxygen atoms in total. The average molecular weight is 530 g/mol. The molecule has 1 unspecified atom stereocenters. The standard InChI is InChI=1S/C28H33N5.C2H2O4/c1-21(23-7-4-3-5-8-23)15-24-12-14-32(18-22(24)2)13-6-9-25-17-29-28-11-10-26(16-27(25)28)33-19-30-31-20-33;3-1(4)2(5)6/h3-5,7-8,10-11,16-17,19-21,29H,6,9,12-15,18H2,1-2H3;(H,3,4)(H,5,6). The van der Waals surface area contributed by atoms with Crippen molar-refractivity contribution in [1.29, 1.82) is 0 Å². The second-order valence-electron chi connectivity index (χ2n) is 10.1. The number of carbonyl (C=O) groups is 2. The summed E-state index contributed by atoms with van der Waals surface area (Å²) < 4.78 is 1.95. The number of nitrogens with one attached hydrogen (secondary N) is 1. The highest BCUT2D eigenvalue weighted by molar-refractivity contribution is 6.27. The number of benzene rings is 2. The van der Waals surface area contributed by atoms with Crippen LogP contribution in [-0.4, -0.2) is 66.4 Å². The summed E-state index contributed by atoms with van der Waals surface area (Å²) in [4.78, 5) is 24.3. The number of nitrogens with zero attached hydrogens (tertiary/aromatic N) is 4. The lowest BCUT2D eigenvalue weighted by Gasteiger charge is -2.31. The molecule has 2 aromatic heterocycles. The lowest BCUT2D eigenvalue weighted by atomic mass is 9.88. The lowest BCUT2D eigenvalue weighted by molar-refractivity contribution is -0.159. The van der Waals surface area contributed by atoms with Gasteiger partial charge in [-0.15, -0.1) is 10.2 Å². The quantitative estimate of drug-likeness (QED) is 0.215. The van der Waals surface area contributed by atoms with Crippen LogP contribution in [-0.2, 0) is 16.0 Å². The van der Waals surface area contributed by atoms with E-state index in [4.69, 9.17) is 19.8 Å². The van der Waals surface area contributed by atoms with E-state index in [1.54, 1.807) is 23.8 Å². The molecule has 4 aromatic rings. The second-order valence-corrected chi connectivity index (χ2v) is 10.1. The predicted octanol–water partition coefficient (Wildman–Crippen LogP) is 5.05. The van der Waals surface area contributed by atoms with Crippen LogP contribution >= 0.6 is 0 Å². The Hall–Kier alpha value is -4.24. The molecule has 3 N–H and O–H groups in total. The first kappa shape index (κ1) is 27.8. The molecule has 9 heteroatoms. The van der Waals surface area contributed by atoms with Crippen LogP contribution in [0.5, 0.6) is 0 Å². The van der Waals surface area contributed by atoms with Crippen LogP contribution in [0.1, 0.15) is 50.2 Å². The minimum Gasteiger partial charge on any atom is -0.473 e. The van der Waals surface area contributed by atoms with Crippen molar-refractivity contribution in [2.45, 2.75) is 45.4 Å². The molecule has 5 rings (SSSR count). The summed E-state index contributed by atoms with van der Waals surface area (Å²) in [5, 5.41) is 23.9. The van der Waals surface area contributed by atoms with E-state index in [0.29, 0.717) is 5.92 Å². The minimum atomic E-state index is -1.82. The number of aryl methyl sites for hydroxylation is 1. The Morgan fingerprint density at radius 2 is 1.77 bits per heavy atom. The largest absolute Gasteiger partial charge is 0.473 e. The Balaban J connectivity index is 0.000000531. The van der Waals surface area contributed by atoms with Gasteiger partial charge in [0.2, 0.25) is 0 Å². The molecule has 0 spiro atoms. The highest BCUT2D eigenvalue weighted by atomic mass is 16.4. The highest BCUT2D eigenvalue weighted by Crippen LogP contribution is 2.29. The maximum atomic E-state index is 9.10. The van der Waals surface area contributed by atoms with Crippen molar-refractivity contribution < 1.29 is 19.8 Å². The summed E-state index contributed by atoms with van der Waals surface area (Å²) in [7, 11) is 0. The summed E-state index contributed by atoms with van der Waals surface area (Å²) in [6.07, 6.45) is 10.3. The molecule has 0 saturated heterocycles. The summed E-state index contributed by atoms with van der Waals surface area (Å²) in [6, 6.07) is 17.4. The van der Waals surface area contributed by atoms with Gasteiger partial charge in [0.25, 0.3) is 0 Å². The van der Waals surface area contributed by atoms with E-state index in [2.05, 4.69) is 88.7 Å². The maximum absolute atomic E-state index is 9.10. The normalized spacial score (nSPS) is 14.6. The Bertz CT molecular complexity index is 1410. The fraction of sp³-hybridized carbons (Fsp3) is 0.333. The molecule has 204 valence electrons. The zero-order valence-corrected chi connectivity index (χ0v) is 22.4. The Morgan fingerprint density at radius 3 is 2.44 bits per heavy atom. The van der Waals surface area contributed by atoms with Gasteiger partial charge in [0, 0.05) is 35.9 Å². The van der Waals surface area contributed by atoms with E-state index >= 15 is 0 Å². The van der Waals surface area contributed by atoms with Gasteiger partial charge < -0.3 is 15.2 Å². The molecule has 0 bridgehead atoms. The van der Waals surface area contributed by atoms with Gasteiger partial charge in [-0.3, -0.25) is 9.47 Å². The summed E-state index contributed by atoms with van der Waals surface area (Å²) in [5.41, 5.74) is 8.38. The summed E-state index contributed by atoms with van der Waals surface area (Å²) in [6.45, 7) is 8.14. The van der Waals surface area contributed by atoms with Crippen molar-refractivity contribution in [2.24, 2.45) is 0 Å². The Morgan fingerprint density at radius 1 is 1.05 bits per heavy atom. The Labute approximate surface area is 227 Å². The number of H-pyrrole nitrogens is 1. The lowest BCUT2D eigenvalue weighted by Crippen LogP contribution is -2.32. The van der Waals surface area contributed by atoms with E-state index < -0.39 is 11.9 Å². The van der Waals surface area contributed by atoms with Gasteiger partial charge in [0.1, 0.15) is 12.7 Å². The van der Waals surface area contributed by atoms with Gasteiger partial charge in [0.05, 0.1) is 0 Å². The van der Waals surface area contributed by atoms with Crippen molar-refractivity contribution in [3.8, 4) is 5.69 Å². The van der Waals surface area contributed by atoms with Crippen LogP contribution in [0.3, 0.4) is 0 Å². The van der Waals surface area contributed by atoms with Gasteiger partial charge >= 0.3 is 11.9 Å². The first-order chi connectivity index (χ1) is 18.8. The molecule has 2 aromatic carbocycles. The average Bonchev–Trinajstić information content (AvgIpc) is 3.61. The SMILES string of the molecule is CC1=C(CC(C)c2ccccc2)CCN(CCCc2c[nH]c3ccc(-n4cnnc4)cc23)C1.O=C(O)C(=O)O. The topological polar surface area (TPSA) is 124 Å². The van der Waals surface area contributed by atoms with E-state index in [-0.39, 0.29) is 0 Å². The maximum Gasteiger partial charge on any atom is 0.414 e. The molecular weight excluding hydrogens is 494 g/mol. The van der Waals surface area contributed by atoms with Gasteiger partial charge in [-0.05, 0) is 74.4 Å². The number of aliphatic carboxylic acids is 2. The van der Waals surface area contributed by atoms with Crippen LogP contribution in [0.4, 0.5) is 0 Å². The molecule has 1 aliphatic heterocycles. The molecule has 0 radical (unpaired) electrons. The minimum absolute atomic E-state index is 0.590. The number of aromatic amines is 1. The molecule has 0 fully saturated rings. The van der Waals surface area contributed by atoms with Crippen molar-refractivity contribution in [2.75, 3.05) is 19.6 Å². The third-order valence-electron chi connectivity index (χ3n) is 7.29. The van der Waals surface area contributed by atoms with Crippen molar-refractivity contribution >= 4 is 22.8 Å². The molecule has 0 amide bonds. The zero-order chi connectivity index (χ0) is 27.8. The first-order valence-electron chi connectivity index (χ1n) is 13.2. The van der Waals surface area contributed by atoms with E-state index in [1.807, 2.05) is 4.57 Å². The van der Waals surface area contributed by atoms with Gasteiger partial charge in [-0.2, -0.15) is 0 Å².